The Morgan fingerprint density at radius 2 is 1.82 bits per heavy atom. The number of hydrogen-bond donors (Lipinski definition) is 2. The van der Waals surface area contributed by atoms with Gasteiger partial charge >= 0.3 is 0 Å². The molecule has 0 atom stereocenters. The number of phenolic OH excluding ortho intramolecular Hbond substituents is 1. The van der Waals surface area contributed by atoms with Crippen LogP contribution in [0.4, 0.5) is 18.9 Å². The molecule has 0 aliphatic heterocycles. The molecule has 0 aliphatic carbocycles. The standard InChI is InChI=1S/C24H21F3N4O2/c1-12(2)16-9-18(13(3)8-21(16)32)30-24(33)17-11-28-31-20(22(26)27)10-19(29-23(17)31)14-4-6-15(25)7-5-14/h4-12,22,32H,1-3H3,(H,30,33). The van der Waals surface area contributed by atoms with E-state index in [9.17, 15) is 23.1 Å². The topological polar surface area (TPSA) is 79.5 Å². The fraction of sp³-hybridized carbons (Fsp3) is 0.208. The van der Waals surface area contributed by atoms with Gasteiger partial charge in [0.15, 0.2) is 5.65 Å². The molecule has 33 heavy (non-hydrogen) atoms. The normalized spacial score (nSPS) is 11.5. The van der Waals surface area contributed by atoms with E-state index in [2.05, 4.69) is 15.4 Å². The average molecular weight is 454 g/mol. The van der Waals surface area contributed by atoms with Gasteiger partial charge in [0.25, 0.3) is 12.3 Å². The number of carbonyl (C=O) groups excluding carboxylic acids is 1. The minimum Gasteiger partial charge on any atom is -0.508 e. The largest absolute Gasteiger partial charge is 0.508 e. The Bertz CT molecular complexity index is 1350. The minimum absolute atomic E-state index is 0.000524. The van der Waals surface area contributed by atoms with Crippen molar-refractivity contribution in [1.29, 1.82) is 0 Å². The SMILES string of the molecule is Cc1cc(O)c(C(C)C)cc1NC(=O)c1cnn2c(C(F)F)cc(-c3ccc(F)cc3)nc12. The molecule has 0 radical (unpaired) electrons. The van der Waals surface area contributed by atoms with Crippen LogP contribution in [0.5, 0.6) is 5.75 Å². The summed E-state index contributed by atoms with van der Waals surface area (Å²) in [5.41, 5.74) is 1.86. The molecule has 6 nitrogen and oxygen atoms in total. The van der Waals surface area contributed by atoms with E-state index in [1.165, 1.54) is 36.5 Å². The summed E-state index contributed by atoms with van der Waals surface area (Å²) >= 11 is 0. The predicted molar refractivity (Wildman–Crippen MR) is 118 cm³/mol. The van der Waals surface area contributed by atoms with Crippen LogP contribution in [-0.4, -0.2) is 25.6 Å². The highest BCUT2D eigenvalue weighted by Crippen LogP contribution is 2.32. The first-order chi connectivity index (χ1) is 15.7. The van der Waals surface area contributed by atoms with Crippen LogP contribution in [-0.2, 0) is 0 Å². The third-order valence-electron chi connectivity index (χ3n) is 5.35. The summed E-state index contributed by atoms with van der Waals surface area (Å²) in [6.07, 6.45) is -1.70. The fourth-order valence-electron chi connectivity index (χ4n) is 3.57. The third kappa shape index (κ3) is 4.26. The van der Waals surface area contributed by atoms with E-state index in [0.717, 1.165) is 4.52 Å². The number of alkyl halides is 2. The van der Waals surface area contributed by atoms with Gasteiger partial charge in [0.2, 0.25) is 0 Å². The molecule has 0 saturated carbocycles. The maximum atomic E-state index is 13.8. The number of halogens is 3. The van der Waals surface area contributed by atoms with Gasteiger partial charge in [0, 0.05) is 11.3 Å². The van der Waals surface area contributed by atoms with Crippen molar-refractivity contribution in [1.82, 2.24) is 14.6 Å². The van der Waals surface area contributed by atoms with E-state index in [0.29, 0.717) is 22.4 Å². The number of phenols is 1. The van der Waals surface area contributed by atoms with E-state index in [-0.39, 0.29) is 28.6 Å². The summed E-state index contributed by atoms with van der Waals surface area (Å²) < 4.78 is 41.7. The molecule has 4 aromatic rings. The van der Waals surface area contributed by atoms with Gasteiger partial charge in [-0.2, -0.15) is 5.10 Å². The van der Waals surface area contributed by atoms with Crippen LogP contribution in [0.1, 0.15) is 53.4 Å². The average Bonchev–Trinajstić information content (AvgIpc) is 3.19. The van der Waals surface area contributed by atoms with Crippen LogP contribution in [0.15, 0.2) is 48.7 Å². The van der Waals surface area contributed by atoms with Crippen molar-refractivity contribution in [2.75, 3.05) is 5.32 Å². The van der Waals surface area contributed by atoms with Crippen molar-refractivity contribution in [3.05, 3.63) is 76.9 Å². The third-order valence-corrected chi connectivity index (χ3v) is 5.35. The van der Waals surface area contributed by atoms with Crippen LogP contribution in [0.25, 0.3) is 16.9 Å². The molecule has 2 aromatic heterocycles. The lowest BCUT2D eigenvalue weighted by molar-refractivity contribution is 0.102. The van der Waals surface area contributed by atoms with Crippen LogP contribution < -0.4 is 5.32 Å². The second kappa shape index (κ2) is 8.57. The molecule has 0 aliphatic rings. The smallest absolute Gasteiger partial charge is 0.280 e. The molecule has 4 rings (SSSR count). The molecule has 0 bridgehead atoms. The van der Waals surface area contributed by atoms with Crippen LogP contribution >= 0.6 is 0 Å². The van der Waals surface area contributed by atoms with Crippen molar-refractivity contribution in [2.45, 2.75) is 33.1 Å². The molecule has 170 valence electrons. The first-order valence-electron chi connectivity index (χ1n) is 10.2. The zero-order valence-corrected chi connectivity index (χ0v) is 18.1. The van der Waals surface area contributed by atoms with Crippen molar-refractivity contribution in [3.63, 3.8) is 0 Å². The Hall–Kier alpha value is -3.88. The van der Waals surface area contributed by atoms with Gasteiger partial charge < -0.3 is 10.4 Å². The first kappa shape index (κ1) is 22.3. The second-order valence-corrected chi connectivity index (χ2v) is 8.00. The highest BCUT2D eigenvalue weighted by Gasteiger charge is 2.22. The summed E-state index contributed by atoms with van der Waals surface area (Å²) in [7, 11) is 0. The zero-order valence-electron chi connectivity index (χ0n) is 18.1. The van der Waals surface area contributed by atoms with Gasteiger partial charge in [-0.25, -0.2) is 22.7 Å². The maximum absolute atomic E-state index is 13.8. The number of aryl methyl sites for hydroxylation is 1. The van der Waals surface area contributed by atoms with Gasteiger partial charge in [-0.05, 0) is 66.4 Å². The summed E-state index contributed by atoms with van der Waals surface area (Å²) in [6.45, 7) is 5.55. The quantitative estimate of drug-likeness (QED) is 0.370. The van der Waals surface area contributed by atoms with Gasteiger partial charge in [-0.1, -0.05) is 13.8 Å². The van der Waals surface area contributed by atoms with Crippen molar-refractivity contribution >= 4 is 17.2 Å². The zero-order chi connectivity index (χ0) is 23.9. The minimum atomic E-state index is -2.88. The van der Waals surface area contributed by atoms with Gasteiger partial charge in [-0.15, -0.1) is 0 Å². The molecule has 2 heterocycles. The number of nitrogens with zero attached hydrogens (tertiary/aromatic N) is 3. The Labute approximate surface area is 187 Å². The second-order valence-electron chi connectivity index (χ2n) is 8.00. The molecular weight excluding hydrogens is 433 g/mol. The molecule has 1 amide bonds. The van der Waals surface area contributed by atoms with Gasteiger partial charge in [0.1, 0.15) is 22.8 Å². The van der Waals surface area contributed by atoms with Gasteiger partial charge in [-0.3, -0.25) is 4.79 Å². The number of nitrogens with one attached hydrogen (secondary N) is 1. The molecule has 0 saturated heterocycles. The molecular formula is C24H21F3N4O2. The number of aromatic nitrogens is 3. The summed E-state index contributed by atoms with van der Waals surface area (Å²) in [4.78, 5) is 17.4. The summed E-state index contributed by atoms with van der Waals surface area (Å²) in [5, 5.41) is 16.9. The molecule has 0 fully saturated rings. The Morgan fingerprint density at radius 3 is 2.45 bits per heavy atom. The van der Waals surface area contributed by atoms with E-state index in [1.54, 1.807) is 19.1 Å². The van der Waals surface area contributed by atoms with Crippen molar-refractivity contribution in [3.8, 4) is 17.0 Å². The number of carbonyl (C=O) groups is 1. The molecule has 2 N–H and O–H groups in total. The number of anilines is 1. The number of aromatic hydroxyl groups is 1. The highest BCUT2D eigenvalue weighted by atomic mass is 19.3. The number of fused-ring (bicyclic) bond motifs is 1. The number of amides is 1. The van der Waals surface area contributed by atoms with E-state index in [1.807, 2.05) is 13.8 Å². The van der Waals surface area contributed by atoms with E-state index in [4.69, 9.17) is 0 Å². The molecule has 9 heteroatoms. The molecule has 2 aromatic carbocycles. The Morgan fingerprint density at radius 1 is 1.12 bits per heavy atom. The number of hydrogen-bond acceptors (Lipinski definition) is 4. The monoisotopic (exact) mass is 454 g/mol. The van der Waals surface area contributed by atoms with Crippen LogP contribution in [0, 0.1) is 12.7 Å². The number of rotatable bonds is 5. The highest BCUT2D eigenvalue weighted by molar-refractivity contribution is 6.08. The van der Waals surface area contributed by atoms with E-state index < -0.39 is 23.8 Å². The van der Waals surface area contributed by atoms with Crippen molar-refractivity contribution in [2.24, 2.45) is 0 Å². The lowest BCUT2D eigenvalue weighted by atomic mass is 9.99. The van der Waals surface area contributed by atoms with Gasteiger partial charge in [0.05, 0.1) is 11.9 Å². The number of benzene rings is 2. The van der Waals surface area contributed by atoms with E-state index >= 15 is 0 Å². The summed E-state index contributed by atoms with van der Waals surface area (Å²) in [6, 6.07) is 9.65. The van der Waals surface area contributed by atoms with Crippen LogP contribution in [0.3, 0.4) is 0 Å². The fourth-order valence-corrected chi connectivity index (χ4v) is 3.57. The Kier molecular flexibility index (Phi) is 5.80. The summed E-state index contributed by atoms with van der Waals surface area (Å²) in [5.74, 6) is -0.906. The molecule has 0 spiro atoms. The maximum Gasteiger partial charge on any atom is 0.280 e. The van der Waals surface area contributed by atoms with Crippen molar-refractivity contribution < 1.29 is 23.1 Å². The lowest BCUT2D eigenvalue weighted by Crippen LogP contribution is -2.14. The van der Waals surface area contributed by atoms with Crippen LogP contribution in [0.2, 0.25) is 0 Å². The predicted octanol–water partition coefficient (Wildman–Crippen LogP) is 5.86. The first-order valence-corrected chi connectivity index (χ1v) is 10.2. The Balaban J connectivity index is 1.79. The molecule has 0 unspecified atom stereocenters. The lowest BCUT2D eigenvalue weighted by Gasteiger charge is -2.14.